The van der Waals surface area contributed by atoms with Gasteiger partial charge in [0, 0.05) is 4.47 Å². The van der Waals surface area contributed by atoms with Crippen LogP contribution in [0.3, 0.4) is 0 Å². The molecule has 3 aromatic rings. The van der Waals surface area contributed by atoms with Gasteiger partial charge in [0.25, 0.3) is 0 Å². The molecule has 0 aliphatic heterocycles. The number of rotatable bonds is 2. The molecule has 0 unspecified atom stereocenters. The van der Waals surface area contributed by atoms with Crippen LogP contribution in [-0.2, 0) is 0 Å². The first kappa shape index (κ1) is 25.6. The summed E-state index contributed by atoms with van der Waals surface area (Å²) in [6.45, 7) is 0. The third-order valence-electron chi connectivity index (χ3n) is 5.45. The summed E-state index contributed by atoms with van der Waals surface area (Å²) in [4.78, 5) is 0. The molecule has 0 spiro atoms. The van der Waals surface area contributed by atoms with Crippen LogP contribution < -0.4 is 71.0 Å². The van der Waals surface area contributed by atoms with E-state index < -0.39 is 0 Å². The molecular weight excluding hydrogens is 437 g/mol. The van der Waals surface area contributed by atoms with Gasteiger partial charge in [0.1, 0.15) is 102 Å². The molecule has 0 saturated carbocycles. The maximum atomic E-state index is 6.53. The minimum Gasteiger partial charge on any atom is -0.112 e. The second-order valence-electron chi connectivity index (χ2n) is 7.19. The van der Waals surface area contributed by atoms with E-state index in [9.17, 15) is 0 Å². The Morgan fingerprint density at radius 2 is 0.438 bits per heavy atom. The predicted octanol–water partition coefficient (Wildman–Crippen LogP) is -9.90. The Hall–Kier alpha value is -1.02. The number of halogens is 1. The summed E-state index contributed by atoms with van der Waals surface area (Å²) in [5.41, 5.74) is 0.907. The van der Waals surface area contributed by atoms with Crippen molar-refractivity contribution in [3.63, 3.8) is 0 Å². The molecule has 32 heavy (non-hydrogen) atoms. The summed E-state index contributed by atoms with van der Waals surface area (Å²) in [5, 5.41) is 0. The van der Waals surface area contributed by atoms with E-state index in [-0.39, 0.29) is 93.3 Å². The van der Waals surface area contributed by atoms with Gasteiger partial charge < -0.3 is 0 Å². The van der Waals surface area contributed by atoms with E-state index in [1.807, 2.05) is 0 Å². The normalized spacial score (nSPS) is 11.0. The molecule has 0 saturated heterocycles. The highest BCUT2D eigenvalue weighted by molar-refractivity contribution is 9.10. The zero-order valence-electron chi connectivity index (χ0n) is 16.9. The van der Waals surface area contributed by atoms with Gasteiger partial charge in [-0.05, 0) is 22.3 Å². The van der Waals surface area contributed by atoms with Crippen LogP contribution in [0.1, 0.15) is 0 Å². The predicted molar refractivity (Wildman–Crippen MR) is 155 cm³/mol. The van der Waals surface area contributed by atoms with Crippen LogP contribution in [0, 0.1) is 0 Å². The van der Waals surface area contributed by atoms with E-state index in [1.54, 1.807) is 0 Å². The Bertz CT molecular complexity index is 1160. The van der Waals surface area contributed by atoms with E-state index in [0.717, 1.165) is 0 Å². The van der Waals surface area contributed by atoms with Gasteiger partial charge in [-0.25, -0.2) is 0 Å². The van der Waals surface area contributed by atoms with E-state index in [2.05, 4.69) is 15.9 Å². The molecule has 0 atom stereocenters. The first-order chi connectivity index (χ1) is 14.7. The van der Waals surface area contributed by atoms with Gasteiger partial charge in [-0.15, -0.1) is 21.9 Å². The lowest BCUT2D eigenvalue weighted by Gasteiger charge is -2.30. The first-order valence-electron chi connectivity index (χ1n) is 8.94. The molecule has 26 radical (unpaired) electrons. The molecule has 0 aromatic heterocycles. The second-order valence-corrected chi connectivity index (χ2v) is 7.98. The van der Waals surface area contributed by atoms with Gasteiger partial charge in [-0.2, -0.15) is 0 Å². The molecule has 0 fully saturated rings. The van der Waals surface area contributed by atoms with Crippen molar-refractivity contribution < 1.29 is 0 Å². The zero-order chi connectivity index (χ0) is 24.4. The van der Waals surface area contributed by atoms with Crippen molar-refractivity contribution in [2.75, 3.05) is 0 Å². The van der Waals surface area contributed by atoms with E-state index >= 15 is 0 Å². The fourth-order valence-corrected chi connectivity index (χ4v) is 3.98. The Kier molecular flexibility index (Phi) is 7.18. The molecule has 0 aliphatic carbocycles. The first-order valence-corrected chi connectivity index (χ1v) is 9.73. The van der Waals surface area contributed by atoms with Crippen molar-refractivity contribution in [1.82, 2.24) is 0 Å². The third-order valence-corrected chi connectivity index (χ3v) is 6.30. The van der Waals surface area contributed by atoms with Crippen molar-refractivity contribution in [2.24, 2.45) is 0 Å². The third kappa shape index (κ3) is 3.64. The zero-order valence-corrected chi connectivity index (χ0v) is 18.5. The fraction of sp³-hybridized carbons (Fsp3) is 0. The number of hydrogen-bond donors (Lipinski definition) is 0. The Labute approximate surface area is 214 Å². The molecule has 3 rings (SSSR count). The Morgan fingerprint density at radius 3 is 0.750 bits per heavy atom. The number of hydrogen-bond acceptors (Lipinski definition) is 0. The van der Waals surface area contributed by atoms with Crippen LogP contribution in [0.2, 0.25) is 0 Å². The Morgan fingerprint density at radius 1 is 0.250 bits per heavy atom. The summed E-state index contributed by atoms with van der Waals surface area (Å²) in [7, 11) is 80.3. The fourth-order valence-electron chi connectivity index (χ4n) is 3.55. The van der Waals surface area contributed by atoms with Crippen LogP contribution in [0.15, 0.2) is 4.47 Å². The summed E-state index contributed by atoms with van der Waals surface area (Å²) >= 11 is 3.25. The summed E-state index contributed by atoms with van der Waals surface area (Å²) in [5.74, 6) is 0. The maximum absolute atomic E-state index is 6.53. The number of benzene rings is 3. The van der Waals surface area contributed by atoms with Gasteiger partial charge >= 0.3 is 0 Å². The molecule has 118 valence electrons. The minimum atomic E-state index is -0.0316. The lowest BCUT2D eigenvalue weighted by atomic mass is 9.55. The van der Waals surface area contributed by atoms with E-state index in [1.165, 1.54) is 0 Å². The van der Waals surface area contributed by atoms with Gasteiger partial charge in [0.2, 0.25) is 0 Å². The van der Waals surface area contributed by atoms with Crippen molar-refractivity contribution in [2.45, 2.75) is 0 Å². The highest BCUT2D eigenvalue weighted by Gasteiger charge is 2.22. The van der Waals surface area contributed by atoms with Crippen LogP contribution >= 0.6 is 15.9 Å². The highest BCUT2D eigenvalue weighted by Crippen LogP contribution is 2.16. The largest absolute Gasteiger partial charge is 0.115 e. The molecule has 0 heterocycles. The molecular formula is C18B13Br. The monoisotopic (exact) mass is 438 g/mol. The minimum absolute atomic E-state index is 0.00129. The molecule has 14 heteroatoms. The Balaban J connectivity index is 2.59. The molecule has 0 N–H and O–H groups in total. The smallest absolute Gasteiger partial charge is 0.112 e. The highest BCUT2D eigenvalue weighted by atomic mass is 79.9. The van der Waals surface area contributed by atoms with Crippen LogP contribution in [0.25, 0.3) is 22.3 Å². The molecule has 0 amide bonds. The average molecular weight is 437 g/mol. The topological polar surface area (TPSA) is 0 Å². The van der Waals surface area contributed by atoms with Gasteiger partial charge in [-0.3, -0.25) is 0 Å². The average Bonchev–Trinajstić information content (AvgIpc) is 2.76. The SMILES string of the molecule is [B]c1c([B])c([B])c(-c2c([B])c([B])c([B])c(-c3c([B])c([B])c(Br)c([B])c3[B])c2[B])c([B])c1[B]. The van der Waals surface area contributed by atoms with Crippen LogP contribution in [-0.4, -0.2) is 102 Å². The van der Waals surface area contributed by atoms with Crippen molar-refractivity contribution in [3.8, 4) is 22.3 Å². The van der Waals surface area contributed by atoms with Gasteiger partial charge in [-0.1, -0.05) is 65.1 Å². The molecule has 3 aromatic carbocycles. The summed E-state index contributed by atoms with van der Waals surface area (Å²) in [6.07, 6.45) is 0. The van der Waals surface area contributed by atoms with Gasteiger partial charge in [0.15, 0.2) is 0 Å². The molecule has 0 bridgehead atoms. The molecule has 0 aliphatic rings. The van der Waals surface area contributed by atoms with Crippen molar-refractivity contribution >= 4 is 189 Å². The van der Waals surface area contributed by atoms with Gasteiger partial charge in [0.05, 0.1) is 0 Å². The lowest BCUT2D eigenvalue weighted by Crippen LogP contribution is -2.57. The maximum Gasteiger partial charge on any atom is 0.115 e. The second kappa shape index (κ2) is 8.97. The lowest BCUT2D eigenvalue weighted by molar-refractivity contribution is 1.81. The van der Waals surface area contributed by atoms with E-state index in [0.29, 0.717) is 4.47 Å². The quantitative estimate of drug-likeness (QED) is 0.350. The standard InChI is InChI=1S/C18B13Br/c19-5-1(3-8(22)13(27)15(29)14(28)9(3)23)6(20)12(26)7(21)2(5)4-10(24)16(30)18(32)17(31)11(4)25. The summed E-state index contributed by atoms with van der Waals surface area (Å²) < 4.78 is 0.324. The molecule has 0 nitrogen and oxygen atoms in total. The van der Waals surface area contributed by atoms with Crippen LogP contribution in [0.5, 0.6) is 0 Å². The van der Waals surface area contributed by atoms with Crippen molar-refractivity contribution in [3.05, 3.63) is 4.47 Å². The van der Waals surface area contributed by atoms with Crippen LogP contribution in [0.4, 0.5) is 0 Å². The van der Waals surface area contributed by atoms with Crippen molar-refractivity contribution in [1.29, 1.82) is 0 Å². The van der Waals surface area contributed by atoms with E-state index in [4.69, 9.17) is 102 Å². The summed E-state index contributed by atoms with van der Waals surface area (Å²) in [6, 6.07) is 0.